The number of ether oxygens (including phenoxy) is 1. The molecule has 0 unspecified atom stereocenters. The quantitative estimate of drug-likeness (QED) is 0.313. The van der Waals surface area contributed by atoms with Gasteiger partial charge in [-0.3, -0.25) is 9.69 Å². The van der Waals surface area contributed by atoms with E-state index in [4.69, 9.17) is 9.72 Å². The molecule has 0 bridgehead atoms. The minimum Gasteiger partial charge on any atom is -0.496 e. The lowest BCUT2D eigenvalue weighted by atomic mass is 9.78. The van der Waals surface area contributed by atoms with Crippen molar-refractivity contribution in [1.82, 2.24) is 9.97 Å². The SMILES string of the molecule is COc1ccc(C2CCC(CN(C(=O)C3CCC(O)CC3)c3cc(-c4cnc(C(C)(C)C)s4)ccn3)CC2)cc1C. The van der Waals surface area contributed by atoms with E-state index in [0.29, 0.717) is 31.2 Å². The molecule has 2 heterocycles. The summed E-state index contributed by atoms with van der Waals surface area (Å²) in [5, 5.41) is 11.2. The third kappa shape index (κ3) is 7.00. The molecule has 0 saturated heterocycles. The normalized spacial score (nSPS) is 23.3. The second-order valence-corrected chi connectivity index (χ2v) is 14.1. The van der Waals surface area contributed by atoms with Crippen molar-refractivity contribution >= 4 is 23.1 Å². The van der Waals surface area contributed by atoms with Gasteiger partial charge in [0.1, 0.15) is 11.6 Å². The number of amides is 1. The number of hydrogen-bond donors (Lipinski definition) is 1. The van der Waals surface area contributed by atoms with Crippen molar-refractivity contribution in [2.24, 2.45) is 11.8 Å². The zero-order valence-corrected chi connectivity index (χ0v) is 26.0. The summed E-state index contributed by atoms with van der Waals surface area (Å²) in [5.74, 6) is 2.76. The number of aromatic nitrogens is 2. The molecule has 3 aromatic rings. The van der Waals surface area contributed by atoms with Gasteiger partial charge in [0.2, 0.25) is 5.91 Å². The average Bonchev–Trinajstić information content (AvgIpc) is 3.48. The van der Waals surface area contributed by atoms with Gasteiger partial charge in [-0.2, -0.15) is 0 Å². The van der Waals surface area contributed by atoms with Crippen LogP contribution in [0, 0.1) is 18.8 Å². The number of carbonyl (C=O) groups excluding carboxylic acids is 1. The molecule has 0 spiro atoms. The predicted molar refractivity (Wildman–Crippen MR) is 167 cm³/mol. The van der Waals surface area contributed by atoms with Crippen LogP contribution >= 0.6 is 11.3 Å². The first-order valence-electron chi connectivity index (χ1n) is 15.2. The van der Waals surface area contributed by atoms with E-state index in [1.807, 2.05) is 23.4 Å². The predicted octanol–water partition coefficient (Wildman–Crippen LogP) is 7.68. The Balaban J connectivity index is 1.34. The number of aliphatic hydroxyl groups excluding tert-OH is 1. The van der Waals surface area contributed by atoms with Crippen LogP contribution in [0.15, 0.2) is 42.7 Å². The van der Waals surface area contributed by atoms with Gasteiger partial charge in [-0.15, -0.1) is 11.3 Å². The van der Waals surface area contributed by atoms with E-state index in [-0.39, 0.29) is 23.3 Å². The number of aryl methyl sites for hydroxylation is 1. The lowest BCUT2D eigenvalue weighted by molar-refractivity contribution is -0.124. The number of carbonyl (C=O) groups is 1. The Labute approximate surface area is 249 Å². The van der Waals surface area contributed by atoms with Crippen LogP contribution in [0.25, 0.3) is 10.4 Å². The smallest absolute Gasteiger partial charge is 0.231 e. The molecule has 2 aliphatic carbocycles. The van der Waals surface area contributed by atoms with Crippen LogP contribution in [0.5, 0.6) is 5.75 Å². The van der Waals surface area contributed by atoms with E-state index in [9.17, 15) is 9.90 Å². The Morgan fingerprint density at radius 3 is 2.39 bits per heavy atom. The van der Waals surface area contributed by atoms with Crippen molar-refractivity contribution in [2.75, 3.05) is 18.6 Å². The van der Waals surface area contributed by atoms with E-state index in [1.165, 1.54) is 11.1 Å². The second-order valence-electron chi connectivity index (χ2n) is 13.1. The molecule has 1 amide bonds. The largest absolute Gasteiger partial charge is 0.496 e. The molecule has 6 nitrogen and oxygen atoms in total. The van der Waals surface area contributed by atoms with Crippen LogP contribution in [0.4, 0.5) is 5.82 Å². The Kier molecular flexibility index (Phi) is 9.15. The van der Waals surface area contributed by atoms with E-state index in [1.54, 1.807) is 18.4 Å². The zero-order valence-electron chi connectivity index (χ0n) is 25.2. The number of hydrogen-bond acceptors (Lipinski definition) is 6. The van der Waals surface area contributed by atoms with Gasteiger partial charge in [0, 0.05) is 30.3 Å². The first-order valence-corrected chi connectivity index (χ1v) is 16.0. The summed E-state index contributed by atoms with van der Waals surface area (Å²) in [7, 11) is 1.72. The van der Waals surface area contributed by atoms with Gasteiger partial charge in [0.05, 0.1) is 23.1 Å². The van der Waals surface area contributed by atoms with Gasteiger partial charge < -0.3 is 9.84 Å². The molecule has 7 heteroatoms. The highest BCUT2D eigenvalue weighted by atomic mass is 32.1. The van der Waals surface area contributed by atoms with Crippen molar-refractivity contribution < 1.29 is 14.6 Å². The summed E-state index contributed by atoms with van der Waals surface area (Å²) >= 11 is 1.71. The summed E-state index contributed by atoms with van der Waals surface area (Å²) in [5.41, 5.74) is 3.63. The number of nitrogens with zero attached hydrogens (tertiary/aromatic N) is 3. The summed E-state index contributed by atoms with van der Waals surface area (Å²) in [4.78, 5) is 26.5. The van der Waals surface area contributed by atoms with Gasteiger partial charge in [-0.05, 0) is 105 Å². The Bertz CT molecular complexity index is 1330. The van der Waals surface area contributed by atoms with Crippen LogP contribution in [-0.4, -0.2) is 40.7 Å². The number of rotatable bonds is 7. The maximum absolute atomic E-state index is 14.0. The molecule has 41 heavy (non-hydrogen) atoms. The molecule has 220 valence electrons. The molecular weight excluding hydrogens is 530 g/mol. The number of anilines is 1. The fourth-order valence-corrected chi connectivity index (χ4v) is 7.38. The highest BCUT2D eigenvalue weighted by Crippen LogP contribution is 2.39. The number of thiazole rings is 1. The van der Waals surface area contributed by atoms with Crippen molar-refractivity contribution in [3.8, 4) is 16.2 Å². The highest BCUT2D eigenvalue weighted by molar-refractivity contribution is 7.15. The summed E-state index contributed by atoms with van der Waals surface area (Å²) in [6.45, 7) is 9.34. The number of benzene rings is 1. The molecule has 2 saturated carbocycles. The number of methoxy groups -OCH3 is 1. The van der Waals surface area contributed by atoms with Gasteiger partial charge in [-0.1, -0.05) is 32.9 Å². The van der Waals surface area contributed by atoms with Crippen LogP contribution in [0.2, 0.25) is 0 Å². The van der Waals surface area contributed by atoms with Crippen LogP contribution in [0.3, 0.4) is 0 Å². The van der Waals surface area contributed by atoms with Crippen molar-refractivity contribution in [3.63, 3.8) is 0 Å². The van der Waals surface area contributed by atoms with Crippen LogP contribution in [0.1, 0.15) is 94.2 Å². The Hall–Kier alpha value is -2.77. The maximum atomic E-state index is 14.0. The van der Waals surface area contributed by atoms with E-state index < -0.39 is 0 Å². The third-order valence-corrected chi connectivity index (χ3v) is 10.4. The zero-order chi connectivity index (χ0) is 29.1. The first-order chi connectivity index (χ1) is 19.6. The Morgan fingerprint density at radius 2 is 1.76 bits per heavy atom. The number of pyridine rings is 1. The number of aliphatic hydroxyl groups is 1. The van der Waals surface area contributed by atoms with E-state index in [2.05, 4.69) is 56.9 Å². The lowest BCUT2D eigenvalue weighted by Crippen LogP contribution is -2.42. The third-order valence-electron chi connectivity index (χ3n) is 8.94. The molecule has 5 rings (SSSR count). The van der Waals surface area contributed by atoms with Gasteiger partial charge in [0.15, 0.2) is 0 Å². The minimum absolute atomic E-state index is 0.00428. The summed E-state index contributed by atoms with van der Waals surface area (Å²) in [6, 6.07) is 10.7. The highest BCUT2D eigenvalue weighted by Gasteiger charge is 2.33. The lowest BCUT2D eigenvalue weighted by Gasteiger charge is -2.35. The van der Waals surface area contributed by atoms with Gasteiger partial charge in [0.25, 0.3) is 0 Å². The van der Waals surface area contributed by atoms with Crippen molar-refractivity contribution in [1.29, 1.82) is 0 Å². The fraction of sp³-hybridized carbons (Fsp3) is 0.559. The maximum Gasteiger partial charge on any atom is 0.231 e. The molecule has 0 aliphatic heterocycles. The molecule has 2 aromatic heterocycles. The standard InChI is InChI=1S/C34H45N3O3S/c1-22-18-26(12-15-29(22)40-5)24-8-6-23(7-9-24)21-37(32(39)25-10-13-28(38)14-11-25)31-19-27(16-17-35-31)30-20-36-33(41-30)34(2,3)4/h12,15-20,23-25,28,38H,6-11,13-14,21H2,1-5H3. The molecule has 0 atom stereocenters. The van der Waals surface area contributed by atoms with E-state index >= 15 is 0 Å². The minimum atomic E-state index is -0.283. The van der Waals surface area contributed by atoms with Gasteiger partial charge in [-0.25, -0.2) is 9.97 Å². The van der Waals surface area contributed by atoms with Crippen LogP contribution in [-0.2, 0) is 10.2 Å². The second kappa shape index (κ2) is 12.6. The fourth-order valence-electron chi connectivity index (χ4n) is 6.41. The van der Waals surface area contributed by atoms with Crippen LogP contribution < -0.4 is 9.64 Å². The van der Waals surface area contributed by atoms with E-state index in [0.717, 1.165) is 65.5 Å². The molecule has 2 aliphatic rings. The first kappa shape index (κ1) is 29.7. The molecule has 2 fully saturated rings. The average molecular weight is 576 g/mol. The monoisotopic (exact) mass is 575 g/mol. The van der Waals surface area contributed by atoms with Crippen molar-refractivity contribution in [2.45, 2.75) is 96.5 Å². The summed E-state index contributed by atoms with van der Waals surface area (Å²) < 4.78 is 5.46. The molecule has 1 aromatic carbocycles. The molecule has 1 N–H and O–H groups in total. The molecular formula is C34H45N3O3S. The summed E-state index contributed by atoms with van der Waals surface area (Å²) in [6.07, 6.45) is 10.8. The van der Waals surface area contributed by atoms with Gasteiger partial charge >= 0.3 is 0 Å². The van der Waals surface area contributed by atoms with Crippen molar-refractivity contribution in [3.05, 3.63) is 58.9 Å². The topological polar surface area (TPSA) is 75.5 Å². The molecule has 0 radical (unpaired) electrons. The Morgan fingerprint density at radius 1 is 1.02 bits per heavy atom.